The van der Waals surface area contributed by atoms with Crippen LogP contribution >= 0.6 is 0 Å². The summed E-state index contributed by atoms with van der Waals surface area (Å²) in [5.41, 5.74) is -1.17. The second-order valence-corrected chi connectivity index (χ2v) is 9.71. The number of fused-ring (bicyclic) bond motifs is 3. The molecule has 0 aromatic heterocycles. The van der Waals surface area contributed by atoms with Gasteiger partial charge in [-0.05, 0) is 17.5 Å². The maximum Gasteiger partial charge on any atom is 0.633 e. The highest BCUT2D eigenvalue weighted by Gasteiger charge is 2.39. The molecule has 0 bridgehead atoms. The summed E-state index contributed by atoms with van der Waals surface area (Å²) >= 11 is 0. The van der Waals surface area contributed by atoms with E-state index in [0.717, 1.165) is 24.3 Å². The smallest absolute Gasteiger partial charge is 0.519 e. The summed E-state index contributed by atoms with van der Waals surface area (Å²) < 4.78 is 214. The Balaban J connectivity index is 1.70. The topological polar surface area (TPSA) is 18.5 Å². The van der Waals surface area contributed by atoms with Gasteiger partial charge in [0.15, 0.2) is 40.7 Å². The van der Waals surface area contributed by atoms with E-state index in [1.165, 1.54) is 0 Å². The molecule has 0 unspecified atom stereocenters. The third-order valence-corrected chi connectivity index (χ3v) is 7.11. The molecule has 6 rings (SSSR count). The molecule has 6 aromatic rings. The van der Waals surface area contributed by atoms with E-state index in [-0.39, 0.29) is 0 Å². The van der Waals surface area contributed by atoms with Crippen molar-refractivity contribution >= 4 is 44.9 Å². The second-order valence-electron chi connectivity index (χ2n) is 9.71. The van der Waals surface area contributed by atoms with Crippen LogP contribution in [0.4, 0.5) is 61.5 Å². The minimum absolute atomic E-state index is 0.432. The lowest BCUT2D eigenvalue weighted by Gasteiger charge is -2.22. The molecule has 47 heavy (non-hydrogen) atoms. The van der Waals surface area contributed by atoms with Gasteiger partial charge in [-0.25, -0.2) is 48.3 Å². The van der Waals surface area contributed by atoms with Crippen LogP contribution < -0.4 is 14.8 Å². The minimum atomic E-state index is -3.03. The maximum absolute atomic E-state index is 15.5. The van der Waals surface area contributed by atoms with Crippen molar-refractivity contribution in [1.29, 1.82) is 0 Å². The normalized spacial score (nSPS) is 11.6. The largest absolute Gasteiger partial charge is 0.633 e. The third-order valence-electron chi connectivity index (χ3n) is 7.11. The summed E-state index contributed by atoms with van der Waals surface area (Å²) in [7, 11) is -3.03. The quantitative estimate of drug-likeness (QED) is 0.0597. The first-order valence-corrected chi connectivity index (χ1v) is 12.6. The van der Waals surface area contributed by atoms with Gasteiger partial charge in [-0.1, -0.05) is 30.3 Å². The van der Waals surface area contributed by atoms with Crippen molar-refractivity contribution in [2.24, 2.45) is 0 Å². The number of hydrogen-bond acceptors (Lipinski definition) is 2. The number of rotatable bonds is 5. The Kier molecular flexibility index (Phi) is 7.59. The third kappa shape index (κ3) is 4.66. The van der Waals surface area contributed by atoms with Gasteiger partial charge in [-0.3, -0.25) is 0 Å². The van der Waals surface area contributed by atoms with Crippen LogP contribution in [-0.2, 0) is 0 Å². The molecule has 0 aliphatic heterocycles. The van der Waals surface area contributed by atoms with Crippen LogP contribution in [0.5, 0.6) is 11.5 Å². The van der Waals surface area contributed by atoms with Gasteiger partial charge < -0.3 is 9.31 Å². The summed E-state index contributed by atoms with van der Waals surface area (Å²) in [6, 6.07) is 5.39. The lowest BCUT2D eigenvalue weighted by Crippen LogP contribution is -2.44. The molecule has 0 radical (unpaired) electrons. The summed E-state index contributed by atoms with van der Waals surface area (Å²) in [6.45, 7) is 0. The Hall–Kier alpha value is -5.22. The fourth-order valence-electron chi connectivity index (χ4n) is 4.96. The molecule has 0 amide bonds. The van der Waals surface area contributed by atoms with E-state index in [9.17, 15) is 48.3 Å². The SMILES string of the molecule is Fc1c(F)c(F)c(OB(Oc2c(F)c(F)c(F)c3c(F)c4c(F)cccc4cc23)c2cccc3c(F)c(F)c(F)c(F)c23)c(F)c1F. The highest BCUT2D eigenvalue weighted by molar-refractivity contribution is 6.66. The fourth-order valence-corrected chi connectivity index (χ4v) is 4.96. The number of hydrogen-bond donors (Lipinski definition) is 0. The molecule has 2 nitrogen and oxygen atoms in total. The van der Waals surface area contributed by atoms with Crippen molar-refractivity contribution in [3.05, 3.63) is 124 Å². The van der Waals surface area contributed by atoms with E-state index < -0.39 is 138 Å². The van der Waals surface area contributed by atoms with E-state index >= 15 is 13.2 Å². The zero-order valence-electron chi connectivity index (χ0n) is 22.2. The van der Waals surface area contributed by atoms with Crippen molar-refractivity contribution in [2.45, 2.75) is 0 Å². The van der Waals surface area contributed by atoms with Gasteiger partial charge in [0.1, 0.15) is 17.4 Å². The van der Waals surface area contributed by atoms with E-state index in [0.29, 0.717) is 18.2 Å². The molecule has 0 N–H and O–H groups in total. The van der Waals surface area contributed by atoms with Crippen molar-refractivity contribution in [2.75, 3.05) is 0 Å². The molecule has 0 aliphatic rings. The van der Waals surface area contributed by atoms with Gasteiger partial charge in [-0.2, -0.15) is 13.2 Å². The van der Waals surface area contributed by atoms with Crippen molar-refractivity contribution in [3.63, 3.8) is 0 Å². The standard InChI is InChI=1S/C30H7BF14O2/c32-12-6-1-3-8-7-10-15(17(34)13(8)12)19(36)22(39)26(43)29(10)46-31(47-30-27(44)24(41)23(40)25(42)28(30)45)11-5-2-4-9-14(11)18(35)21(38)20(37)16(9)33/h1-7H. The van der Waals surface area contributed by atoms with E-state index in [4.69, 9.17) is 9.31 Å². The molecular weight excluding hydrogens is 669 g/mol. The molecule has 0 saturated carbocycles. The predicted octanol–water partition coefficient (Wildman–Crippen LogP) is 8.95. The van der Waals surface area contributed by atoms with Gasteiger partial charge >= 0.3 is 7.12 Å². The summed E-state index contributed by atoms with van der Waals surface area (Å²) in [5, 5.41) is -6.41. The Bertz CT molecular complexity index is 2300. The van der Waals surface area contributed by atoms with Crippen LogP contribution in [0.2, 0.25) is 0 Å². The monoisotopic (exact) mass is 676 g/mol. The Labute approximate surface area is 251 Å². The second kappa shape index (κ2) is 11.2. The molecule has 0 spiro atoms. The van der Waals surface area contributed by atoms with Crippen LogP contribution in [0, 0.1) is 81.4 Å². The summed E-state index contributed by atoms with van der Waals surface area (Å²) in [5.74, 6) is -36.5. The van der Waals surface area contributed by atoms with Gasteiger partial charge in [0, 0.05) is 21.6 Å². The van der Waals surface area contributed by atoms with Crippen LogP contribution in [0.15, 0.2) is 42.5 Å². The lowest BCUT2D eigenvalue weighted by molar-refractivity contribution is 0.332. The molecule has 17 heteroatoms. The molecule has 240 valence electrons. The van der Waals surface area contributed by atoms with E-state index in [1.54, 1.807) is 0 Å². The molecular formula is C30H7BF14O2. The van der Waals surface area contributed by atoms with Crippen molar-refractivity contribution in [1.82, 2.24) is 0 Å². The first-order chi connectivity index (χ1) is 22.2. The Morgan fingerprint density at radius 1 is 0.383 bits per heavy atom. The summed E-state index contributed by atoms with van der Waals surface area (Å²) in [4.78, 5) is 0. The lowest BCUT2D eigenvalue weighted by atomic mass is 9.75. The zero-order valence-corrected chi connectivity index (χ0v) is 22.2. The molecule has 6 aromatic carbocycles. The van der Waals surface area contributed by atoms with Crippen molar-refractivity contribution < 1.29 is 70.8 Å². The number of halogens is 14. The summed E-state index contributed by atoms with van der Waals surface area (Å²) in [6.07, 6.45) is 0. The minimum Gasteiger partial charge on any atom is -0.519 e. The highest BCUT2D eigenvalue weighted by Crippen LogP contribution is 2.40. The molecule has 0 atom stereocenters. The fraction of sp³-hybridized carbons (Fsp3) is 0. The predicted molar refractivity (Wildman–Crippen MR) is 138 cm³/mol. The molecule has 0 fully saturated rings. The van der Waals surface area contributed by atoms with Gasteiger partial charge in [0.2, 0.25) is 34.9 Å². The van der Waals surface area contributed by atoms with Gasteiger partial charge in [0.25, 0.3) is 0 Å². The first-order valence-electron chi connectivity index (χ1n) is 12.6. The van der Waals surface area contributed by atoms with Crippen LogP contribution in [-0.4, -0.2) is 7.12 Å². The van der Waals surface area contributed by atoms with Gasteiger partial charge in [-0.15, -0.1) is 0 Å². The first kappa shape index (κ1) is 31.8. The van der Waals surface area contributed by atoms with Crippen LogP contribution in [0.1, 0.15) is 0 Å². The molecule has 0 aliphatic carbocycles. The zero-order chi connectivity index (χ0) is 34.2. The van der Waals surface area contributed by atoms with E-state index in [2.05, 4.69) is 0 Å². The Morgan fingerprint density at radius 2 is 0.872 bits per heavy atom. The highest BCUT2D eigenvalue weighted by atomic mass is 19.2. The Morgan fingerprint density at radius 3 is 1.53 bits per heavy atom. The van der Waals surface area contributed by atoms with Gasteiger partial charge in [0.05, 0.1) is 10.8 Å². The van der Waals surface area contributed by atoms with Crippen molar-refractivity contribution in [3.8, 4) is 11.5 Å². The molecule has 0 saturated heterocycles. The van der Waals surface area contributed by atoms with E-state index in [1.807, 2.05) is 0 Å². The van der Waals surface area contributed by atoms with Crippen LogP contribution in [0.3, 0.4) is 0 Å². The molecule has 0 heterocycles. The maximum atomic E-state index is 15.5. The average Bonchev–Trinajstić information content (AvgIpc) is 3.05. The average molecular weight is 676 g/mol. The number of benzene rings is 6. The van der Waals surface area contributed by atoms with Crippen LogP contribution in [0.25, 0.3) is 32.3 Å².